The number of rotatable bonds is 6. The first kappa shape index (κ1) is 30.0. The molecule has 5 aromatic rings. The first-order valence-electron chi connectivity index (χ1n) is 15.4. The number of nitrogens with one attached hydrogen (secondary N) is 2. The van der Waals surface area contributed by atoms with Crippen molar-refractivity contribution in [3.8, 4) is 45.3 Å². The summed E-state index contributed by atoms with van der Waals surface area (Å²) in [5.74, 6) is 2.89. The van der Waals surface area contributed by atoms with Crippen LogP contribution in [0.15, 0.2) is 131 Å². The summed E-state index contributed by atoms with van der Waals surface area (Å²) in [5, 5.41) is 7.10. The molecule has 0 radical (unpaired) electrons. The quantitative estimate of drug-likeness (QED) is 0.178. The lowest BCUT2D eigenvalue weighted by Gasteiger charge is -2.27. The molecule has 2 heterocycles. The Hall–Kier alpha value is -4.64. The van der Waals surface area contributed by atoms with Gasteiger partial charge in [0.05, 0.1) is 12.1 Å². The van der Waals surface area contributed by atoms with Gasteiger partial charge in [-0.2, -0.15) is 0 Å². The van der Waals surface area contributed by atoms with Gasteiger partial charge in [0, 0.05) is 33.6 Å². The van der Waals surface area contributed by atoms with Gasteiger partial charge in [-0.25, -0.2) is 9.49 Å². The zero-order valence-corrected chi connectivity index (χ0v) is 27.9. The Balaban J connectivity index is 1.23. The highest BCUT2D eigenvalue weighted by atomic mass is 31.2. The predicted molar refractivity (Wildman–Crippen MR) is 189 cm³/mol. The minimum atomic E-state index is -3.04. The lowest BCUT2D eigenvalue weighted by molar-refractivity contribution is 0.483. The van der Waals surface area contributed by atoms with E-state index in [-0.39, 0.29) is 12.1 Å². The predicted octanol–water partition coefficient (Wildman–Crippen LogP) is 11.5. The molecule has 46 heavy (non-hydrogen) atoms. The van der Waals surface area contributed by atoms with Gasteiger partial charge in [-0.1, -0.05) is 72.8 Å². The molecule has 0 saturated carbocycles. The first-order chi connectivity index (χ1) is 22.3. The Morgan fingerprint density at radius 3 is 0.935 bits per heavy atom. The Morgan fingerprint density at radius 2 is 0.674 bits per heavy atom. The van der Waals surface area contributed by atoms with Crippen molar-refractivity contribution in [1.82, 2.24) is 0 Å². The topological polar surface area (TPSA) is 85.7 Å². The van der Waals surface area contributed by atoms with Gasteiger partial charge in [0.2, 0.25) is 0 Å². The Morgan fingerprint density at radius 1 is 0.413 bits per heavy atom. The highest BCUT2D eigenvalue weighted by Crippen LogP contribution is 2.60. The van der Waals surface area contributed by atoms with Crippen molar-refractivity contribution < 1.29 is 18.1 Å². The van der Waals surface area contributed by atoms with E-state index in [9.17, 15) is 0 Å². The molecule has 0 aromatic heterocycles. The number of hydrogen-bond donors (Lipinski definition) is 2. The van der Waals surface area contributed by atoms with Crippen LogP contribution in [-0.2, 0) is 0 Å². The third-order valence-electron chi connectivity index (χ3n) is 7.21. The van der Waals surface area contributed by atoms with Gasteiger partial charge in [0.15, 0.2) is 0 Å². The van der Waals surface area contributed by atoms with Crippen LogP contribution in [0.1, 0.15) is 27.7 Å². The number of para-hydroxylation sites is 4. The molecule has 0 amide bonds. The summed E-state index contributed by atoms with van der Waals surface area (Å²) < 4.78 is 36.8. The van der Waals surface area contributed by atoms with E-state index in [2.05, 4.69) is 10.2 Å². The number of fused-ring (bicyclic) bond motifs is 6. The summed E-state index contributed by atoms with van der Waals surface area (Å²) >= 11 is 0. The molecule has 234 valence electrons. The molecule has 2 aliphatic heterocycles. The fourth-order valence-corrected chi connectivity index (χ4v) is 9.87. The van der Waals surface area contributed by atoms with E-state index < -0.39 is 15.3 Å². The Kier molecular flexibility index (Phi) is 8.02. The van der Waals surface area contributed by atoms with Gasteiger partial charge >= 0.3 is 15.3 Å². The highest BCUT2D eigenvalue weighted by Gasteiger charge is 2.34. The van der Waals surface area contributed by atoms with E-state index in [0.29, 0.717) is 0 Å². The van der Waals surface area contributed by atoms with Crippen LogP contribution in [0.4, 0.5) is 11.4 Å². The number of benzene rings is 5. The molecular formula is C36H36N4O4P2. The third-order valence-corrected chi connectivity index (χ3v) is 11.6. The lowest BCUT2D eigenvalue weighted by atomic mass is 10.0. The van der Waals surface area contributed by atoms with Gasteiger partial charge < -0.3 is 18.1 Å². The van der Waals surface area contributed by atoms with E-state index in [1.165, 1.54) is 0 Å². The molecule has 7 rings (SSSR count). The molecule has 5 aromatic carbocycles. The van der Waals surface area contributed by atoms with E-state index in [0.717, 1.165) is 56.6 Å². The molecule has 0 unspecified atom stereocenters. The average molecular weight is 651 g/mol. The number of anilines is 2. The average Bonchev–Trinajstić information content (AvgIpc) is 3.25. The van der Waals surface area contributed by atoms with Crippen molar-refractivity contribution in [2.24, 2.45) is 9.49 Å². The van der Waals surface area contributed by atoms with Crippen molar-refractivity contribution in [3.63, 3.8) is 0 Å². The van der Waals surface area contributed by atoms with Crippen LogP contribution in [0.3, 0.4) is 0 Å². The van der Waals surface area contributed by atoms with E-state index in [1.807, 2.05) is 149 Å². The van der Waals surface area contributed by atoms with E-state index in [1.54, 1.807) is 0 Å². The van der Waals surface area contributed by atoms with Crippen LogP contribution in [0.25, 0.3) is 22.3 Å². The second kappa shape index (κ2) is 12.3. The largest absolute Gasteiger partial charge is 0.422 e. The molecule has 0 fully saturated rings. The minimum Gasteiger partial charge on any atom is -0.414 e. The lowest BCUT2D eigenvalue weighted by Crippen LogP contribution is -2.12. The van der Waals surface area contributed by atoms with Crippen LogP contribution < -0.4 is 28.3 Å². The standard InChI is InChI=1S/C36H36N4O4P2/c1-25(2)37-45(41-33-17-9-5-13-29(33)30-14-6-10-18-34(30)42-45)39-27-21-23-28(24-22-27)40-46(38-26(3)4)43-35-19-11-7-15-31(35)32-16-8-12-20-36(32)44-46/h5-26,39-40H,1-4H3. The van der Waals surface area contributed by atoms with Gasteiger partial charge in [-0.05, 0) is 76.2 Å². The van der Waals surface area contributed by atoms with Crippen LogP contribution in [0.2, 0.25) is 0 Å². The highest BCUT2D eigenvalue weighted by molar-refractivity contribution is 7.59. The molecule has 0 spiro atoms. The van der Waals surface area contributed by atoms with Gasteiger partial charge in [-0.15, -0.1) is 0 Å². The summed E-state index contributed by atoms with van der Waals surface area (Å²) in [4.78, 5) is 0. The zero-order chi connectivity index (χ0) is 31.7. The first-order valence-corrected chi connectivity index (χ1v) is 18.5. The van der Waals surface area contributed by atoms with E-state index >= 15 is 0 Å². The molecule has 0 saturated heterocycles. The molecule has 2 N–H and O–H groups in total. The zero-order valence-electron chi connectivity index (χ0n) is 26.1. The molecule has 10 heteroatoms. The van der Waals surface area contributed by atoms with Gasteiger partial charge in [0.25, 0.3) is 0 Å². The van der Waals surface area contributed by atoms with Crippen LogP contribution in [-0.4, -0.2) is 12.1 Å². The molecule has 0 atom stereocenters. The molecular weight excluding hydrogens is 614 g/mol. The molecule has 0 aliphatic carbocycles. The van der Waals surface area contributed by atoms with Crippen molar-refractivity contribution >= 4 is 26.7 Å². The Bertz CT molecular complexity index is 1760. The van der Waals surface area contributed by atoms with Crippen molar-refractivity contribution in [2.45, 2.75) is 39.8 Å². The third kappa shape index (κ3) is 6.11. The fraction of sp³-hybridized carbons (Fsp3) is 0.167. The molecule has 2 aliphatic rings. The van der Waals surface area contributed by atoms with Crippen LogP contribution in [0, 0.1) is 0 Å². The number of hydrogen-bond acceptors (Lipinski definition) is 6. The maximum atomic E-state index is 6.68. The normalized spacial score (nSPS) is 15.1. The molecule has 0 bridgehead atoms. The maximum Gasteiger partial charge on any atom is 0.422 e. The van der Waals surface area contributed by atoms with Crippen molar-refractivity contribution in [2.75, 3.05) is 10.2 Å². The van der Waals surface area contributed by atoms with E-state index in [4.69, 9.17) is 27.6 Å². The maximum absolute atomic E-state index is 6.68. The monoisotopic (exact) mass is 650 g/mol. The van der Waals surface area contributed by atoms with Crippen molar-refractivity contribution in [1.29, 1.82) is 0 Å². The second-order valence-electron chi connectivity index (χ2n) is 11.6. The van der Waals surface area contributed by atoms with Crippen molar-refractivity contribution in [3.05, 3.63) is 121 Å². The smallest absolute Gasteiger partial charge is 0.414 e. The van der Waals surface area contributed by atoms with Crippen LogP contribution in [0.5, 0.6) is 23.0 Å². The minimum absolute atomic E-state index is 0.0446. The van der Waals surface area contributed by atoms with Gasteiger partial charge in [-0.3, -0.25) is 10.2 Å². The summed E-state index contributed by atoms with van der Waals surface area (Å²) in [6, 6.07) is 39.7. The van der Waals surface area contributed by atoms with Gasteiger partial charge in [0.1, 0.15) is 23.0 Å². The summed E-state index contributed by atoms with van der Waals surface area (Å²) in [7, 11) is -6.09. The van der Waals surface area contributed by atoms with Crippen LogP contribution >= 0.6 is 15.3 Å². The SMILES string of the molecule is CC(C)N=P1(Nc2ccc(NP3(=NC(C)C)Oc4ccccc4-c4ccccc4O3)cc2)Oc2ccccc2-c2ccccc2O1. The summed E-state index contributed by atoms with van der Waals surface area (Å²) in [6.45, 7) is 8.10. The second-order valence-corrected chi connectivity index (χ2v) is 15.3. The molecule has 8 nitrogen and oxygen atoms in total. The fourth-order valence-electron chi connectivity index (χ4n) is 5.44. The summed E-state index contributed by atoms with van der Waals surface area (Å²) in [6.07, 6.45) is 0. The Labute approximate surface area is 270 Å². The summed E-state index contributed by atoms with van der Waals surface area (Å²) in [5.41, 5.74) is 5.47. The number of nitrogens with zero attached hydrogens (tertiary/aromatic N) is 2.